The molecule has 2 aliphatic rings. The molecule has 7 nitrogen and oxygen atoms in total. The normalized spacial score (nSPS) is 17.0. The first-order valence-electron chi connectivity index (χ1n) is 11.0. The van der Waals surface area contributed by atoms with Crippen LogP contribution in [0.15, 0.2) is 40.9 Å². The number of benzene rings is 1. The fourth-order valence-electron chi connectivity index (χ4n) is 4.91. The Kier molecular flexibility index (Phi) is 5.29. The average molecular weight is 453 g/mol. The Balaban J connectivity index is 1.50. The molecule has 1 aliphatic carbocycles. The van der Waals surface area contributed by atoms with E-state index in [0.29, 0.717) is 29.3 Å². The second kappa shape index (κ2) is 8.13. The Morgan fingerprint density at radius 3 is 2.81 bits per heavy atom. The number of likely N-dealkylation sites (N-methyl/N-ethyl adjacent to an activating group) is 1. The van der Waals surface area contributed by atoms with Crippen molar-refractivity contribution in [3.8, 4) is 0 Å². The Morgan fingerprint density at radius 2 is 2.06 bits per heavy atom. The summed E-state index contributed by atoms with van der Waals surface area (Å²) in [5.41, 5.74) is 2.46. The van der Waals surface area contributed by atoms with Gasteiger partial charge < -0.3 is 20.0 Å². The van der Waals surface area contributed by atoms with Gasteiger partial charge in [0.2, 0.25) is 0 Å². The summed E-state index contributed by atoms with van der Waals surface area (Å²) in [7, 11) is 1.76. The zero-order valence-electron chi connectivity index (χ0n) is 17.9. The fourth-order valence-corrected chi connectivity index (χ4v) is 5.17. The van der Waals surface area contributed by atoms with Crippen molar-refractivity contribution in [3.63, 3.8) is 0 Å². The first kappa shape index (κ1) is 20.8. The number of nitrogens with one attached hydrogen (secondary N) is 2. The number of urea groups is 1. The van der Waals surface area contributed by atoms with Crippen molar-refractivity contribution in [1.82, 2.24) is 15.2 Å². The molecule has 8 heteroatoms. The van der Waals surface area contributed by atoms with Crippen LogP contribution in [0.4, 0.5) is 10.5 Å². The molecule has 3 heterocycles. The van der Waals surface area contributed by atoms with Crippen LogP contribution in [0.25, 0.3) is 11.0 Å². The van der Waals surface area contributed by atoms with Gasteiger partial charge in [0.15, 0.2) is 5.76 Å². The fraction of sp³-hybridized carbons (Fsp3) is 0.375. The molecule has 1 fully saturated rings. The molecule has 5 rings (SSSR count). The van der Waals surface area contributed by atoms with Crippen LogP contribution in [0.3, 0.4) is 0 Å². The predicted molar refractivity (Wildman–Crippen MR) is 123 cm³/mol. The third kappa shape index (κ3) is 3.60. The second-order valence-electron chi connectivity index (χ2n) is 8.66. The number of nitrogens with zero attached hydrogens (tertiary/aromatic N) is 2. The predicted octanol–water partition coefficient (Wildman–Crippen LogP) is 5.09. The summed E-state index contributed by atoms with van der Waals surface area (Å²) < 4.78 is 6.16. The molecule has 1 aliphatic heterocycles. The summed E-state index contributed by atoms with van der Waals surface area (Å²) in [4.78, 5) is 31.5. The molecule has 0 atom stereocenters. The molecule has 2 aromatic heterocycles. The van der Waals surface area contributed by atoms with E-state index in [1.165, 1.54) is 0 Å². The minimum absolute atomic E-state index is 0.201. The number of pyridine rings is 1. The summed E-state index contributed by atoms with van der Waals surface area (Å²) in [5.74, 6) is 0.0587. The number of rotatable bonds is 4. The quantitative estimate of drug-likeness (QED) is 0.577. The van der Waals surface area contributed by atoms with Crippen LogP contribution in [0.2, 0.25) is 5.02 Å². The molecule has 1 aromatic carbocycles. The zero-order valence-corrected chi connectivity index (χ0v) is 18.7. The van der Waals surface area contributed by atoms with Gasteiger partial charge in [-0.05, 0) is 37.1 Å². The highest BCUT2D eigenvalue weighted by Gasteiger charge is 2.44. The standard InChI is InChI=1S/C24H25ClN4O3/c1-29(12-8-16-7-3-6-11-26-16)22(30)18-14-15-13-17(25)20-19(21(15)32-18)24(28-23(31)27-20)9-4-2-5-10-24/h3,6-7,11,13-14H,2,4-5,8-10,12H2,1H3,(H2,27,28,31). The highest BCUT2D eigenvalue weighted by atomic mass is 35.5. The van der Waals surface area contributed by atoms with E-state index in [2.05, 4.69) is 15.6 Å². The zero-order chi connectivity index (χ0) is 22.3. The maximum atomic E-state index is 13.1. The highest BCUT2D eigenvalue weighted by molar-refractivity contribution is 6.35. The van der Waals surface area contributed by atoms with Crippen LogP contribution in [-0.2, 0) is 12.0 Å². The monoisotopic (exact) mass is 452 g/mol. The van der Waals surface area contributed by atoms with Crippen LogP contribution in [-0.4, -0.2) is 35.4 Å². The van der Waals surface area contributed by atoms with E-state index in [9.17, 15) is 9.59 Å². The molecule has 2 N–H and O–H groups in total. The summed E-state index contributed by atoms with van der Waals surface area (Å²) in [5, 5.41) is 7.20. The maximum absolute atomic E-state index is 13.1. The number of carbonyl (C=O) groups is 2. The van der Waals surface area contributed by atoms with Gasteiger partial charge in [-0.1, -0.05) is 36.9 Å². The van der Waals surface area contributed by atoms with Gasteiger partial charge in [0.05, 0.1) is 16.2 Å². The lowest BCUT2D eigenvalue weighted by Gasteiger charge is -2.42. The Hall–Kier alpha value is -3.06. The number of amides is 3. The van der Waals surface area contributed by atoms with Gasteiger partial charge in [-0.15, -0.1) is 0 Å². The van der Waals surface area contributed by atoms with Crippen molar-refractivity contribution >= 4 is 40.2 Å². The Bertz CT molecular complexity index is 1180. The number of hydrogen-bond acceptors (Lipinski definition) is 4. The first-order chi connectivity index (χ1) is 15.5. The van der Waals surface area contributed by atoms with Crippen LogP contribution in [0, 0.1) is 0 Å². The van der Waals surface area contributed by atoms with Gasteiger partial charge in [-0.25, -0.2) is 4.79 Å². The molecule has 3 amide bonds. The van der Waals surface area contributed by atoms with E-state index in [-0.39, 0.29) is 17.7 Å². The van der Waals surface area contributed by atoms with Crippen molar-refractivity contribution in [2.75, 3.05) is 18.9 Å². The second-order valence-corrected chi connectivity index (χ2v) is 9.06. The SMILES string of the molecule is CN(CCc1ccccn1)C(=O)c1cc2cc(Cl)c3c(c2o1)C1(CCCCC1)NC(=O)N3. The average Bonchev–Trinajstić information content (AvgIpc) is 3.21. The minimum atomic E-state index is -0.526. The highest BCUT2D eigenvalue weighted by Crippen LogP contribution is 2.49. The van der Waals surface area contributed by atoms with Crippen LogP contribution in [0.5, 0.6) is 0 Å². The largest absolute Gasteiger partial charge is 0.450 e. The van der Waals surface area contributed by atoms with E-state index in [1.807, 2.05) is 18.2 Å². The summed E-state index contributed by atoms with van der Waals surface area (Å²) in [6.07, 6.45) is 7.19. The van der Waals surface area contributed by atoms with Crippen LogP contribution >= 0.6 is 11.6 Å². The lowest BCUT2D eigenvalue weighted by atomic mass is 9.74. The molecule has 32 heavy (non-hydrogen) atoms. The Morgan fingerprint density at radius 1 is 1.25 bits per heavy atom. The lowest BCUT2D eigenvalue weighted by molar-refractivity contribution is 0.0767. The lowest BCUT2D eigenvalue weighted by Crippen LogP contribution is -2.52. The van der Waals surface area contributed by atoms with Crippen molar-refractivity contribution in [1.29, 1.82) is 0 Å². The number of anilines is 1. The van der Waals surface area contributed by atoms with Crippen molar-refractivity contribution in [2.24, 2.45) is 0 Å². The van der Waals surface area contributed by atoms with Crippen molar-refractivity contribution < 1.29 is 14.0 Å². The third-order valence-electron chi connectivity index (χ3n) is 6.52. The first-order valence-corrected chi connectivity index (χ1v) is 11.4. The van der Waals surface area contributed by atoms with Gasteiger partial charge in [0, 0.05) is 42.9 Å². The molecular formula is C24H25ClN4O3. The Labute approximate surface area is 191 Å². The summed E-state index contributed by atoms with van der Waals surface area (Å²) in [6, 6.07) is 9.00. The molecule has 166 valence electrons. The van der Waals surface area contributed by atoms with Gasteiger partial charge in [-0.3, -0.25) is 9.78 Å². The number of furan rings is 1. The molecule has 3 aromatic rings. The van der Waals surface area contributed by atoms with Crippen molar-refractivity contribution in [2.45, 2.75) is 44.1 Å². The molecule has 0 radical (unpaired) electrons. The van der Waals surface area contributed by atoms with Gasteiger partial charge in [-0.2, -0.15) is 0 Å². The number of aromatic nitrogens is 1. The molecular weight excluding hydrogens is 428 g/mol. The number of fused-ring (bicyclic) bond motifs is 4. The maximum Gasteiger partial charge on any atom is 0.319 e. The van der Waals surface area contributed by atoms with E-state index in [4.69, 9.17) is 16.0 Å². The summed E-state index contributed by atoms with van der Waals surface area (Å²) >= 11 is 6.57. The number of halogens is 1. The summed E-state index contributed by atoms with van der Waals surface area (Å²) in [6.45, 7) is 0.521. The number of carbonyl (C=O) groups excluding carboxylic acids is 2. The molecule has 1 saturated carbocycles. The van der Waals surface area contributed by atoms with E-state index >= 15 is 0 Å². The van der Waals surface area contributed by atoms with Crippen LogP contribution in [0.1, 0.15) is 53.9 Å². The van der Waals surface area contributed by atoms with E-state index in [1.54, 1.807) is 30.3 Å². The van der Waals surface area contributed by atoms with Gasteiger partial charge in [0.1, 0.15) is 5.58 Å². The topological polar surface area (TPSA) is 87.5 Å². The van der Waals surface area contributed by atoms with Crippen LogP contribution < -0.4 is 10.6 Å². The molecule has 0 unspecified atom stereocenters. The molecule has 1 spiro atoms. The minimum Gasteiger partial charge on any atom is -0.450 e. The van der Waals surface area contributed by atoms with E-state index < -0.39 is 5.54 Å². The number of hydrogen-bond donors (Lipinski definition) is 2. The van der Waals surface area contributed by atoms with Gasteiger partial charge >= 0.3 is 6.03 Å². The van der Waals surface area contributed by atoms with E-state index in [0.717, 1.165) is 48.7 Å². The molecule has 0 saturated heterocycles. The third-order valence-corrected chi connectivity index (χ3v) is 6.82. The van der Waals surface area contributed by atoms with Gasteiger partial charge in [0.25, 0.3) is 5.91 Å². The molecule has 0 bridgehead atoms. The van der Waals surface area contributed by atoms with Crippen molar-refractivity contribution in [3.05, 3.63) is 58.6 Å². The smallest absolute Gasteiger partial charge is 0.319 e.